The fourth-order valence-electron chi connectivity index (χ4n) is 3.74. The summed E-state index contributed by atoms with van der Waals surface area (Å²) in [6, 6.07) is 14.8. The van der Waals surface area contributed by atoms with Crippen LogP contribution in [0.15, 0.2) is 59.1 Å². The van der Waals surface area contributed by atoms with Gasteiger partial charge in [-0.05, 0) is 44.2 Å². The number of hydrogen-bond acceptors (Lipinski definition) is 3. The van der Waals surface area contributed by atoms with Gasteiger partial charge in [0.1, 0.15) is 17.9 Å². The molecule has 0 saturated heterocycles. The molecular weight excluding hydrogens is 392 g/mol. The Morgan fingerprint density at radius 3 is 2.65 bits per heavy atom. The second kappa shape index (κ2) is 8.18. The van der Waals surface area contributed by atoms with E-state index in [4.69, 9.17) is 4.42 Å². The molecule has 2 heterocycles. The maximum atomic E-state index is 12.6. The number of carbonyl (C=O) groups is 2. The van der Waals surface area contributed by atoms with Crippen molar-refractivity contribution in [2.75, 3.05) is 19.4 Å². The van der Waals surface area contributed by atoms with Crippen molar-refractivity contribution in [1.82, 2.24) is 14.8 Å². The number of benzene rings is 2. The molecule has 0 unspecified atom stereocenters. The van der Waals surface area contributed by atoms with E-state index in [-0.39, 0.29) is 24.5 Å². The summed E-state index contributed by atoms with van der Waals surface area (Å²) in [6.45, 7) is 4.17. The Balaban J connectivity index is 1.45. The van der Waals surface area contributed by atoms with Crippen molar-refractivity contribution in [3.63, 3.8) is 0 Å². The van der Waals surface area contributed by atoms with Crippen molar-refractivity contribution < 1.29 is 14.0 Å². The van der Waals surface area contributed by atoms with Crippen molar-refractivity contribution in [1.29, 1.82) is 0 Å². The molecule has 0 aliphatic rings. The highest BCUT2D eigenvalue weighted by molar-refractivity contribution is 5.93. The molecule has 0 spiro atoms. The van der Waals surface area contributed by atoms with Crippen LogP contribution in [0.1, 0.15) is 24.3 Å². The fourth-order valence-corrected chi connectivity index (χ4v) is 3.74. The third kappa shape index (κ3) is 4.12. The van der Waals surface area contributed by atoms with Crippen LogP contribution in [-0.4, -0.2) is 35.5 Å². The molecule has 2 N–H and O–H groups in total. The first kappa shape index (κ1) is 20.5. The molecule has 0 aliphatic heterocycles. The van der Waals surface area contributed by atoms with Crippen molar-refractivity contribution in [2.45, 2.75) is 26.4 Å². The third-order valence-electron chi connectivity index (χ3n) is 5.45. The predicted molar refractivity (Wildman–Crippen MR) is 122 cm³/mol. The zero-order valence-corrected chi connectivity index (χ0v) is 18.1. The monoisotopic (exact) mass is 418 g/mol. The van der Waals surface area contributed by atoms with Crippen molar-refractivity contribution >= 4 is 39.5 Å². The van der Waals surface area contributed by atoms with Gasteiger partial charge in [0.2, 0.25) is 5.91 Å². The summed E-state index contributed by atoms with van der Waals surface area (Å²) in [5, 5.41) is 7.82. The van der Waals surface area contributed by atoms with Gasteiger partial charge in [-0.15, -0.1) is 0 Å². The molecule has 0 aliphatic carbocycles. The number of nitrogens with one attached hydrogen (secondary N) is 2. The highest BCUT2D eigenvalue weighted by Crippen LogP contribution is 2.29. The smallest absolute Gasteiger partial charge is 0.319 e. The number of hydrogen-bond donors (Lipinski definition) is 2. The standard InChI is InChI=1S/C24H26N4O3/c1-15-19-7-5-6-8-21(19)31-23(15)16(2)25-24(30)26-18-9-10-20-17(13-18)11-12-28(20)14-22(29)27(3)4/h5-13,16H,14H2,1-4H3,(H2,25,26,30)/t16-/m1/s1. The first-order valence-corrected chi connectivity index (χ1v) is 10.2. The van der Waals surface area contributed by atoms with Gasteiger partial charge < -0.3 is 24.5 Å². The van der Waals surface area contributed by atoms with Crippen LogP contribution < -0.4 is 10.6 Å². The number of furan rings is 1. The van der Waals surface area contributed by atoms with E-state index in [0.717, 1.165) is 33.2 Å². The van der Waals surface area contributed by atoms with E-state index in [0.29, 0.717) is 5.69 Å². The molecule has 4 rings (SSSR count). The van der Waals surface area contributed by atoms with Gasteiger partial charge in [-0.2, -0.15) is 0 Å². The largest absolute Gasteiger partial charge is 0.459 e. The normalized spacial score (nSPS) is 12.1. The topological polar surface area (TPSA) is 79.5 Å². The number of para-hydroxylation sites is 1. The lowest BCUT2D eigenvalue weighted by Gasteiger charge is -2.14. The van der Waals surface area contributed by atoms with Crippen LogP contribution in [0, 0.1) is 6.92 Å². The van der Waals surface area contributed by atoms with Gasteiger partial charge in [0.25, 0.3) is 0 Å². The van der Waals surface area contributed by atoms with E-state index < -0.39 is 0 Å². The van der Waals surface area contributed by atoms with Gasteiger partial charge in [-0.3, -0.25) is 4.79 Å². The van der Waals surface area contributed by atoms with Crippen LogP contribution >= 0.6 is 0 Å². The van der Waals surface area contributed by atoms with Gasteiger partial charge in [-0.25, -0.2) is 4.79 Å². The average Bonchev–Trinajstić information content (AvgIpc) is 3.29. The Hall–Kier alpha value is -3.74. The van der Waals surface area contributed by atoms with Crippen molar-refractivity contribution in [3.8, 4) is 0 Å². The number of likely N-dealkylation sites (N-methyl/N-ethyl adjacent to an activating group) is 1. The maximum absolute atomic E-state index is 12.6. The first-order valence-electron chi connectivity index (χ1n) is 10.2. The Morgan fingerprint density at radius 2 is 1.90 bits per heavy atom. The van der Waals surface area contributed by atoms with Crippen molar-refractivity contribution in [3.05, 3.63) is 66.1 Å². The molecule has 0 bridgehead atoms. The number of amides is 3. The lowest BCUT2D eigenvalue weighted by Crippen LogP contribution is -2.31. The Labute approximate surface area is 180 Å². The summed E-state index contributed by atoms with van der Waals surface area (Å²) in [4.78, 5) is 26.1. The molecular formula is C24H26N4O3. The van der Waals surface area contributed by atoms with Crippen LogP contribution in [0.5, 0.6) is 0 Å². The lowest BCUT2D eigenvalue weighted by molar-refractivity contribution is -0.129. The predicted octanol–water partition coefficient (Wildman–Crippen LogP) is 4.67. The van der Waals surface area contributed by atoms with Crippen LogP contribution in [0.3, 0.4) is 0 Å². The number of carbonyl (C=O) groups excluding carboxylic acids is 2. The molecule has 2 aromatic heterocycles. The number of urea groups is 1. The minimum absolute atomic E-state index is 0.0222. The molecule has 0 radical (unpaired) electrons. The van der Waals surface area contributed by atoms with E-state index in [1.54, 1.807) is 19.0 Å². The highest BCUT2D eigenvalue weighted by Gasteiger charge is 2.18. The lowest BCUT2D eigenvalue weighted by atomic mass is 10.1. The summed E-state index contributed by atoms with van der Waals surface area (Å²) in [5.41, 5.74) is 3.45. The summed E-state index contributed by atoms with van der Waals surface area (Å²) in [7, 11) is 3.48. The fraction of sp³-hybridized carbons (Fsp3) is 0.250. The number of anilines is 1. The molecule has 0 saturated carbocycles. The Kier molecular flexibility index (Phi) is 5.42. The molecule has 3 amide bonds. The number of nitrogens with zero attached hydrogens (tertiary/aromatic N) is 2. The summed E-state index contributed by atoms with van der Waals surface area (Å²) in [6.07, 6.45) is 1.88. The summed E-state index contributed by atoms with van der Waals surface area (Å²) >= 11 is 0. The molecule has 0 fully saturated rings. The molecule has 7 heteroatoms. The van der Waals surface area contributed by atoms with Gasteiger partial charge in [-0.1, -0.05) is 18.2 Å². The van der Waals surface area contributed by atoms with Gasteiger partial charge in [0.05, 0.1) is 6.04 Å². The van der Waals surface area contributed by atoms with E-state index in [1.807, 2.05) is 73.1 Å². The summed E-state index contributed by atoms with van der Waals surface area (Å²) < 4.78 is 7.84. The quantitative estimate of drug-likeness (QED) is 0.494. The zero-order chi connectivity index (χ0) is 22.1. The van der Waals surface area contributed by atoms with Crippen LogP contribution in [0.2, 0.25) is 0 Å². The molecule has 7 nitrogen and oxygen atoms in total. The maximum Gasteiger partial charge on any atom is 0.319 e. The van der Waals surface area contributed by atoms with Crippen LogP contribution in [0.25, 0.3) is 21.9 Å². The van der Waals surface area contributed by atoms with Crippen molar-refractivity contribution in [2.24, 2.45) is 0 Å². The number of aromatic nitrogens is 1. The van der Waals surface area contributed by atoms with E-state index >= 15 is 0 Å². The Bertz CT molecular complexity index is 1270. The molecule has 160 valence electrons. The Morgan fingerprint density at radius 1 is 1.13 bits per heavy atom. The highest BCUT2D eigenvalue weighted by atomic mass is 16.3. The number of fused-ring (bicyclic) bond motifs is 2. The average molecular weight is 418 g/mol. The number of rotatable bonds is 5. The summed E-state index contributed by atoms with van der Waals surface area (Å²) in [5.74, 6) is 0.767. The van der Waals surface area contributed by atoms with Crippen LogP contribution in [0.4, 0.5) is 10.5 Å². The van der Waals surface area contributed by atoms with Crippen LogP contribution in [-0.2, 0) is 11.3 Å². The minimum atomic E-state index is -0.311. The van der Waals surface area contributed by atoms with Gasteiger partial charge in [0.15, 0.2) is 0 Å². The van der Waals surface area contributed by atoms with Gasteiger partial charge >= 0.3 is 6.03 Å². The second-order valence-electron chi connectivity index (χ2n) is 7.91. The van der Waals surface area contributed by atoms with E-state index in [9.17, 15) is 9.59 Å². The molecule has 31 heavy (non-hydrogen) atoms. The first-order chi connectivity index (χ1) is 14.8. The van der Waals surface area contributed by atoms with E-state index in [2.05, 4.69) is 10.6 Å². The SMILES string of the molecule is Cc1c([C@@H](C)NC(=O)Nc2ccc3c(ccn3CC(=O)N(C)C)c2)oc2ccccc12. The molecule has 1 atom stereocenters. The molecule has 2 aromatic carbocycles. The number of aryl methyl sites for hydroxylation is 1. The second-order valence-corrected chi connectivity index (χ2v) is 7.91. The zero-order valence-electron chi connectivity index (χ0n) is 18.1. The minimum Gasteiger partial charge on any atom is -0.459 e. The van der Waals surface area contributed by atoms with E-state index in [1.165, 1.54) is 0 Å². The molecule has 4 aromatic rings. The van der Waals surface area contributed by atoms with Gasteiger partial charge in [0, 0.05) is 47.8 Å². The third-order valence-corrected chi connectivity index (χ3v) is 5.45.